The van der Waals surface area contributed by atoms with Crippen molar-refractivity contribution in [2.24, 2.45) is 46.3 Å². The van der Waals surface area contributed by atoms with E-state index in [0.717, 1.165) is 35.5 Å². The number of hydrogen-bond donors (Lipinski definition) is 0. The molecule has 0 bridgehead atoms. The zero-order chi connectivity index (χ0) is 20.8. The summed E-state index contributed by atoms with van der Waals surface area (Å²) in [5.74, 6) is 5.69. The molecule has 0 saturated heterocycles. The Morgan fingerprint density at radius 2 is 1.86 bits per heavy atom. The van der Waals surface area contributed by atoms with Crippen molar-refractivity contribution in [1.29, 1.82) is 0 Å². The molecular weight excluding hydrogens is 392 g/mol. The lowest BCUT2D eigenvalue weighted by Gasteiger charge is -2.58. The highest BCUT2D eigenvalue weighted by Crippen LogP contribution is 2.67. The van der Waals surface area contributed by atoms with E-state index in [0.29, 0.717) is 16.1 Å². The van der Waals surface area contributed by atoms with Gasteiger partial charge in [-0.3, -0.25) is 0 Å². The summed E-state index contributed by atoms with van der Waals surface area (Å²) in [6, 6.07) is 0. The Morgan fingerprint density at radius 3 is 2.62 bits per heavy atom. The topological polar surface area (TPSA) is 0 Å². The van der Waals surface area contributed by atoms with Gasteiger partial charge in [0.2, 0.25) is 0 Å². The van der Waals surface area contributed by atoms with E-state index >= 15 is 0 Å². The van der Waals surface area contributed by atoms with Crippen molar-refractivity contribution in [2.45, 2.75) is 110 Å². The minimum absolute atomic E-state index is 0.538. The van der Waals surface area contributed by atoms with Crippen LogP contribution in [-0.4, -0.2) is 5.25 Å². The summed E-state index contributed by atoms with van der Waals surface area (Å²) in [6.45, 7) is 12.7. The Kier molecular flexibility index (Phi) is 6.79. The molecule has 9 atom stereocenters. The fraction of sp³-hybridized carbons (Fsp3) is 0.926. The second kappa shape index (κ2) is 8.73. The van der Waals surface area contributed by atoms with Crippen LogP contribution in [0.15, 0.2) is 11.6 Å². The molecule has 0 aromatic rings. The van der Waals surface area contributed by atoms with E-state index < -0.39 is 0 Å². The Morgan fingerprint density at radius 1 is 1.07 bits per heavy atom. The van der Waals surface area contributed by atoms with Crippen LogP contribution in [-0.2, 0) is 0 Å². The van der Waals surface area contributed by atoms with Crippen molar-refractivity contribution < 1.29 is 0 Å². The Labute approximate surface area is 189 Å². The summed E-state index contributed by atoms with van der Waals surface area (Å²) in [4.78, 5) is 0. The van der Waals surface area contributed by atoms with E-state index in [2.05, 4.69) is 40.7 Å². The molecule has 0 aromatic heterocycles. The zero-order valence-corrected chi connectivity index (χ0v) is 21.3. The predicted molar refractivity (Wildman–Crippen MR) is 130 cm³/mol. The molecule has 0 nitrogen and oxygen atoms in total. The summed E-state index contributed by atoms with van der Waals surface area (Å²) in [6.07, 6.45) is 18.5. The van der Waals surface area contributed by atoms with Gasteiger partial charge in [0.15, 0.2) is 0 Å². The molecule has 2 heteroatoms. The molecule has 3 fully saturated rings. The van der Waals surface area contributed by atoms with Gasteiger partial charge in [-0.2, -0.15) is 0 Å². The van der Waals surface area contributed by atoms with E-state index in [1.807, 2.05) is 5.57 Å². The van der Waals surface area contributed by atoms with Gasteiger partial charge in [0.25, 0.3) is 0 Å². The monoisotopic (exact) mass is 436 g/mol. The summed E-state index contributed by atoms with van der Waals surface area (Å²) in [5.41, 5.74) is 3.00. The Balaban J connectivity index is 1.46. The van der Waals surface area contributed by atoms with Gasteiger partial charge in [-0.05, 0) is 115 Å². The van der Waals surface area contributed by atoms with E-state index in [4.69, 9.17) is 10.7 Å². The van der Waals surface area contributed by atoms with Crippen molar-refractivity contribution in [3.8, 4) is 0 Å². The summed E-state index contributed by atoms with van der Waals surface area (Å²) >= 11 is 0. The van der Waals surface area contributed by atoms with E-state index in [-0.39, 0.29) is 0 Å². The minimum atomic E-state index is 0.538. The smallest absolute Gasteiger partial charge is 0.0171 e. The van der Waals surface area contributed by atoms with E-state index in [9.17, 15) is 0 Å². The molecule has 29 heavy (non-hydrogen) atoms. The van der Waals surface area contributed by atoms with Crippen molar-refractivity contribution in [1.82, 2.24) is 0 Å². The lowest BCUT2D eigenvalue weighted by molar-refractivity contribution is -0.0522. The summed E-state index contributed by atoms with van der Waals surface area (Å²) < 4.78 is 0. The molecule has 4 aliphatic rings. The maximum absolute atomic E-state index is 5.95. The van der Waals surface area contributed by atoms with Crippen molar-refractivity contribution in [2.75, 3.05) is 0 Å². The van der Waals surface area contributed by atoms with Crippen LogP contribution in [0.3, 0.4) is 0 Å². The normalized spacial score (nSPS) is 46.3. The molecule has 0 aromatic carbocycles. The molecular formula is C27H45ClS. The molecule has 0 spiro atoms. The van der Waals surface area contributed by atoms with Crippen LogP contribution < -0.4 is 0 Å². The summed E-state index contributed by atoms with van der Waals surface area (Å²) in [5, 5.41) is 0.605. The largest absolute Gasteiger partial charge is 0.0845 e. The SMILES string of the molecule is CC1CCC2(C)C(=CCC3C2CCC2(C)C(C(C)CCCC(C)SCl)CCC32)C1. The number of fused-ring (bicyclic) bond motifs is 5. The molecule has 166 valence electrons. The molecule has 0 amide bonds. The number of rotatable bonds is 6. The molecule has 3 saturated carbocycles. The third kappa shape index (κ3) is 3.99. The fourth-order valence-electron chi connectivity index (χ4n) is 8.79. The van der Waals surface area contributed by atoms with E-state index in [1.165, 1.54) is 81.6 Å². The quantitative estimate of drug-likeness (QED) is 0.373. The van der Waals surface area contributed by atoms with Crippen molar-refractivity contribution >= 4 is 21.7 Å². The average Bonchev–Trinajstić information content (AvgIpc) is 3.05. The van der Waals surface area contributed by atoms with Crippen LogP contribution in [0.4, 0.5) is 0 Å². The van der Waals surface area contributed by atoms with Gasteiger partial charge in [0, 0.05) is 5.25 Å². The van der Waals surface area contributed by atoms with Gasteiger partial charge in [-0.15, -0.1) is 0 Å². The first kappa shape index (κ1) is 22.6. The van der Waals surface area contributed by atoms with Crippen LogP contribution in [0.5, 0.6) is 0 Å². The van der Waals surface area contributed by atoms with Gasteiger partial charge in [0.1, 0.15) is 0 Å². The second-order valence-electron chi connectivity index (χ2n) is 12.1. The van der Waals surface area contributed by atoms with Crippen molar-refractivity contribution in [3.63, 3.8) is 0 Å². The zero-order valence-electron chi connectivity index (χ0n) is 19.7. The predicted octanol–water partition coefficient (Wildman–Crippen LogP) is 9.28. The van der Waals surface area contributed by atoms with Crippen molar-refractivity contribution in [3.05, 3.63) is 11.6 Å². The van der Waals surface area contributed by atoms with Crippen LogP contribution in [0.1, 0.15) is 105 Å². The molecule has 4 aliphatic carbocycles. The molecule has 0 aliphatic heterocycles. The number of halogens is 1. The van der Waals surface area contributed by atoms with Gasteiger partial charge in [-0.1, -0.05) is 70.1 Å². The lowest BCUT2D eigenvalue weighted by Crippen LogP contribution is -2.50. The van der Waals surface area contributed by atoms with Gasteiger partial charge < -0.3 is 0 Å². The summed E-state index contributed by atoms with van der Waals surface area (Å²) in [7, 11) is 7.47. The third-order valence-electron chi connectivity index (χ3n) is 10.5. The van der Waals surface area contributed by atoms with Gasteiger partial charge in [0.05, 0.1) is 0 Å². The van der Waals surface area contributed by atoms with Crippen LogP contribution >= 0.6 is 21.7 Å². The van der Waals surface area contributed by atoms with Crippen LogP contribution in [0.25, 0.3) is 0 Å². The first-order valence-electron chi connectivity index (χ1n) is 12.8. The van der Waals surface area contributed by atoms with Gasteiger partial charge in [-0.25, -0.2) is 0 Å². The fourth-order valence-corrected chi connectivity index (χ4v) is 9.31. The maximum atomic E-state index is 5.95. The maximum Gasteiger partial charge on any atom is 0.0171 e. The number of allylic oxidation sites excluding steroid dienone is 2. The average molecular weight is 437 g/mol. The highest BCUT2D eigenvalue weighted by Gasteiger charge is 2.58. The lowest BCUT2D eigenvalue weighted by atomic mass is 9.46. The first-order chi connectivity index (χ1) is 13.8. The molecule has 9 unspecified atom stereocenters. The minimum Gasteiger partial charge on any atom is -0.0845 e. The molecule has 0 N–H and O–H groups in total. The van der Waals surface area contributed by atoms with E-state index in [1.54, 1.807) is 0 Å². The number of hydrogen-bond acceptors (Lipinski definition) is 1. The van der Waals surface area contributed by atoms with Crippen LogP contribution in [0, 0.1) is 46.3 Å². The third-order valence-corrected chi connectivity index (χ3v) is 12.0. The second-order valence-corrected chi connectivity index (χ2v) is 13.7. The molecule has 0 radical (unpaired) electrons. The standard InChI is InChI=1S/C27H45ClS/c1-18-13-15-26(4)21(17-18)9-10-22-24-12-11-23(27(24,5)16-14-25(22)26)19(2)7-6-8-20(3)29-28/h9,18-20,22-25H,6-8,10-17H2,1-5H3. The first-order valence-corrected chi connectivity index (χ1v) is 14.5. The van der Waals surface area contributed by atoms with Crippen LogP contribution in [0.2, 0.25) is 0 Å². The highest BCUT2D eigenvalue weighted by molar-refractivity contribution is 8.21. The highest BCUT2D eigenvalue weighted by atomic mass is 35.7. The molecule has 4 rings (SSSR count). The van der Waals surface area contributed by atoms with Gasteiger partial charge >= 0.3 is 0 Å². The molecule has 0 heterocycles. The Hall–Kier alpha value is 0.380. The Bertz CT molecular complexity index is 614.